The standard InChI is InChI=1S/C17H28N2O2/c1-4-17(5-2,13-20)12-19-16(21)15-9-7-6-8-14(15)10-11-18-3/h6-9,18,20H,4-5,10-13H2,1-3H3,(H,19,21). The quantitative estimate of drug-likeness (QED) is 0.652. The summed E-state index contributed by atoms with van der Waals surface area (Å²) in [5.74, 6) is -0.0542. The Morgan fingerprint density at radius 1 is 1.24 bits per heavy atom. The molecule has 0 saturated carbocycles. The molecule has 0 heterocycles. The second-order valence-electron chi connectivity index (χ2n) is 5.56. The molecule has 4 heteroatoms. The lowest BCUT2D eigenvalue weighted by molar-refractivity contribution is 0.0850. The highest BCUT2D eigenvalue weighted by atomic mass is 16.3. The highest BCUT2D eigenvalue weighted by Crippen LogP contribution is 2.24. The Labute approximate surface area is 128 Å². The first-order valence-corrected chi connectivity index (χ1v) is 7.74. The third-order valence-electron chi connectivity index (χ3n) is 4.37. The van der Waals surface area contributed by atoms with Gasteiger partial charge in [-0.05, 0) is 44.5 Å². The van der Waals surface area contributed by atoms with Crippen LogP contribution in [0.25, 0.3) is 0 Å². The lowest BCUT2D eigenvalue weighted by Gasteiger charge is -2.29. The van der Waals surface area contributed by atoms with Gasteiger partial charge in [0.25, 0.3) is 5.91 Å². The van der Waals surface area contributed by atoms with Gasteiger partial charge in [0, 0.05) is 17.5 Å². The molecular formula is C17H28N2O2. The van der Waals surface area contributed by atoms with E-state index >= 15 is 0 Å². The molecular weight excluding hydrogens is 264 g/mol. The lowest BCUT2D eigenvalue weighted by atomic mass is 9.83. The van der Waals surface area contributed by atoms with Gasteiger partial charge in [0.1, 0.15) is 0 Å². The van der Waals surface area contributed by atoms with E-state index < -0.39 is 0 Å². The minimum Gasteiger partial charge on any atom is -0.396 e. The van der Waals surface area contributed by atoms with Gasteiger partial charge in [-0.3, -0.25) is 4.79 Å². The van der Waals surface area contributed by atoms with Crippen LogP contribution < -0.4 is 10.6 Å². The maximum absolute atomic E-state index is 12.4. The van der Waals surface area contributed by atoms with Crippen LogP contribution in [0.1, 0.15) is 42.6 Å². The van der Waals surface area contributed by atoms with Crippen molar-refractivity contribution in [3.63, 3.8) is 0 Å². The minimum atomic E-state index is -0.213. The molecule has 0 saturated heterocycles. The van der Waals surface area contributed by atoms with E-state index in [4.69, 9.17) is 0 Å². The Balaban J connectivity index is 2.75. The van der Waals surface area contributed by atoms with Crippen molar-refractivity contribution in [2.75, 3.05) is 26.7 Å². The number of likely N-dealkylation sites (N-methyl/N-ethyl adjacent to an activating group) is 1. The highest BCUT2D eigenvalue weighted by Gasteiger charge is 2.26. The fraction of sp³-hybridized carbons (Fsp3) is 0.588. The van der Waals surface area contributed by atoms with E-state index in [1.807, 2.05) is 45.2 Å². The second kappa shape index (κ2) is 8.80. The summed E-state index contributed by atoms with van der Waals surface area (Å²) < 4.78 is 0. The Morgan fingerprint density at radius 2 is 1.90 bits per heavy atom. The molecule has 118 valence electrons. The molecule has 0 aliphatic carbocycles. The van der Waals surface area contributed by atoms with Crippen molar-refractivity contribution >= 4 is 5.91 Å². The number of nitrogens with one attached hydrogen (secondary N) is 2. The zero-order valence-electron chi connectivity index (χ0n) is 13.4. The first-order valence-electron chi connectivity index (χ1n) is 7.74. The van der Waals surface area contributed by atoms with Gasteiger partial charge in [0.2, 0.25) is 0 Å². The van der Waals surface area contributed by atoms with Crippen LogP contribution in [0.2, 0.25) is 0 Å². The molecule has 0 aliphatic rings. The van der Waals surface area contributed by atoms with Gasteiger partial charge in [-0.2, -0.15) is 0 Å². The summed E-state index contributed by atoms with van der Waals surface area (Å²) in [5.41, 5.74) is 1.56. The first kappa shape index (κ1) is 17.7. The summed E-state index contributed by atoms with van der Waals surface area (Å²) >= 11 is 0. The van der Waals surface area contributed by atoms with Gasteiger partial charge in [-0.15, -0.1) is 0 Å². The van der Waals surface area contributed by atoms with Gasteiger partial charge in [-0.25, -0.2) is 0 Å². The van der Waals surface area contributed by atoms with Gasteiger partial charge >= 0.3 is 0 Å². The van der Waals surface area contributed by atoms with Crippen LogP contribution >= 0.6 is 0 Å². The fourth-order valence-electron chi connectivity index (χ4n) is 2.36. The molecule has 4 nitrogen and oxygen atoms in total. The van der Waals surface area contributed by atoms with Crippen LogP contribution in [0.3, 0.4) is 0 Å². The van der Waals surface area contributed by atoms with Crippen LogP contribution in [0.4, 0.5) is 0 Å². The van der Waals surface area contributed by atoms with Gasteiger partial charge in [0.05, 0.1) is 6.61 Å². The summed E-state index contributed by atoms with van der Waals surface area (Å²) in [6.07, 6.45) is 2.52. The van der Waals surface area contributed by atoms with Gasteiger partial charge < -0.3 is 15.7 Å². The summed E-state index contributed by atoms with van der Waals surface area (Å²) in [7, 11) is 1.90. The van der Waals surface area contributed by atoms with Crippen molar-refractivity contribution in [2.45, 2.75) is 33.1 Å². The average Bonchev–Trinajstić information content (AvgIpc) is 2.54. The van der Waals surface area contributed by atoms with Crippen LogP contribution in [0.15, 0.2) is 24.3 Å². The van der Waals surface area contributed by atoms with Crippen LogP contribution in [0, 0.1) is 5.41 Å². The summed E-state index contributed by atoms with van der Waals surface area (Å²) in [5, 5.41) is 15.7. The Morgan fingerprint density at radius 3 is 2.48 bits per heavy atom. The number of aliphatic hydroxyl groups excluding tert-OH is 1. The number of rotatable bonds is 9. The maximum atomic E-state index is 12.4. The van der Waals surface area contributed by atoms with E-state index in [0.29, 0.717) is 6.54 Å². The van der Waals surface area contributed by atoms with Gasteiger partial charge in [-0.1, -0.05) is 32.0 Å². The molecule has 0 unspecified atom stereocenters. The number of carbonyl (C=O) groups is 1. The van der Waals surface area contributed by atoms with E-state index in [2.05, 4.69) is 10.6 Å². The molecule has 0 aromatic heterocycles. The zero-order chi connectivity index (χ0) is 15.7. The zero-order valence-corrected chi connectivity index (χ0v) is 13.4. The van der Waals surface area contributed by atoms with Crippen molar-refractivity contribution in [3.05, 3.63) is 35.4 Å². The molecule has 21 heavy (non-hydrogen) atoms. The molecule has 0 radical (unpaired) electrons. The van der Waals surface area contributed by atoms with Gasteiger partial charge in [0.15, 0.2) is 0 Å². The number of carbonyl (C=O) groups excluding carboxylic acids is 1. The van der Waals surface area contributed by atoms with Crippen LogP contribution in [-0.2, 0) is 6.42 Å². The normalized spacial score (nSPS) is 11.4. The third-order valence-corrected chi connectivity index (χ3v) is 4.37. The maximum Gasteiger partial charge on any atom is 0.251 e. The van der Waals surface area contributed by atoms with Crippen molar-refractivity contribution < 1.29 is 9.90 Å². The molecule has 1 rings (SSSR count). The smallest absolute Gasteiger partial charge is 0.251 e. The van der Waals surface area contributed by atoms with Crippen LogP contribution in [-0.4, -0.2) is 37.8 Å². The molecule has 0 aliphatic heterocycles. The first-order chi connectivity index (χ1) is 10.1. The topological polar surface area (TPSA) is 61.4 Å². The molecule has 0 fully saturated rings. The second-order valence-corrected chi connectivity index (χ2v) is 5.56. The summed E-state index contributed by atoms with van der Waals surface area (Å²) in [6, 6.07) is 7.69. The Hall–Kier alpha value is -1.39. The molecule has 0 bridgehead atoms. The number of benzene rings is 1. The number of aliphatic hydroxyl groups is 1. The van der Waals surface area contributed by atoms with E-state index in [-0.39, 0.29) is 17.9 Å². The van der Waals surface area contributed by atoms with Crippen molar-refractivity contribution in [1.29, 1.82) is 0 Å². The molecule has 1 aromatic rings. The summed E-state index contributed by atoms with van der Waals surface area (Å²) in [6.45, 7) is 5.55. The lowest BCUT2D eigenvalue weighted by Crippen LogP contribution is -2.39. The molecule has 3 N–H and O–H groups in total. The number of hydrogen-bond acceptors (Lipinski definition) is 3. The largest absolute Gasteiger partial charge is 0.396 e. The Bertz CT molecular complexity index is 434. The minimum absolute atomic E-state index is 0.0542. The van der Waals surface area contributed by atoms with Crippen molar-refractivity contribution in [1.82, 2.24) is 10.6 Å². The SMILES string of the molecule is CCC(CC)(CO)CNC(=O)c1ccccc1CCNC. The average molecular weight is 292 g/mol. The summed E-state index contributed by atoms with van der Waals surface area (Å²) in [4.78, 5) is 12.4. The molecule has 1 aromatic carbocycles. The monoisotopic (exact) mass is 292 g/mol. The van der Waals surface area contributed by atoms with Crippen LogP contribution in [0.5, 0.6) is 0 Å². The number of hydrogen-bond donors (Lipinski definition) is 3. The third kappa shape index (κ3) is 4.83. The molecule has 0 atom stereocenters. The van der Waals surface area contributed by atoms with E-state index in [9.17, 15) is 9.90 Å². The predicted octanol–water partition coefficient (Wildman–Crippen LogP) is 1.98. The van der Waals surface area contributed by atoms with Crippen molar-refractivity contribution in [3.8, 4) is 0 Å². The van der Waals surface area contributed by atoms with Crippen molar-refractivity contribution in [2.24, 2.45) is 5.41 Å². The highest BCUT2D eigenvalue weighted by molar-refractivity contribution is 5.95. The van der Waals surface area contributed by atoms with E-state index in [0.717, 1.165) is 36.9 Å². The fourth-order valence-corrected chi connectivity index (χ4v) is 2.36. The van der Waals surface area contributed by atoms with E-state index in [1.54, 1.807) is 0 Å². The predicted molar refractivity (Wildman–Crippen MR) is 86.5 cm³/mol. The Kier molecular flexibility index (Phi) is 7.40. The molecule has 1 amide bonds. The molecule has 0 spiro atoms. The van der Waals surface area contributed by atoms with E-state index in [1.165, 1.54) is 0 Å². The number of amides is 1.